The van der Waals surface area contributed by atoms with Crippen LogP contribution in [-0.2, 0) is 11.3 Å². The molecule has 4 aromatic rings. The highest BCUT2D eigenvalue weighted by Crippen LogP contribution is 2.38. The maximum Gasteiger partial charge on any atom is 0.171 e. The van der Waals surface area contributed by atoms with Crippen molar-refractivity contribution in [2.24, 2.45) is 0 Å². The summed E-state index contributed by atoms with van der Waals surface area (Å²) < 4.78 is 7.15. The highest BCUT2D eigenvalue weighted by molar-refractivity contribution is 5.84. The Kier molecular flexibility index (Phi) is 4.96. The average Bonchev–Trinajstić information content (AvgIpc) is 3.17. The van der Waals surface area contributed by atoms with Crippen LogP contribution in [0.1, 0.15) is 5.56 Å². The van der Waals surface area contributed by atoms with Crippen molar-refractivity contribution in [3.8, 4) is 28.5 Å². The van der Waals surface area contributed by atoms with Crippen LogP contribution < -0.4 is 10.6 Å². The lowest BCUT2D eigenvalue weighted by molar-refractivity contribution is 0.199. The van der Waals surface area contributed by atoms with Crippen molar-refractivity contribution in [2.75, 3.05) is 25.6 Å². The fourth-order valence-corrected chi connectivity index (χ4v) is 3.64. The number of anilines is 2. The molecule has 0 fully saturated rings. The Morgan fingerprint density at radius 2 is 1.80 bits per heavy atom. The lowest BCUT2D eigenvalue weighted by atomic mass is 10.1. The number of methoxy groups -OCH3 is 1. The van der Waals surface area contributed by atoms with E-state index in [1.165, 1.54) is 5.56 Å². The molecule has 0 unspecified atom stereocenters. The Bertz CT molecular complexity index is 1170. The van der Waals surface area contributed by atoms with Gasteiger partial charge in [-0.15, -0.1) is 10.2 Å². The number of aromatic nitrogens is 4. The molecule has 2 aromatic carbocycles. The van der Waals surface area contributed by atoms with Crippen molar-refractivity contribution in [3.05, 3.63) is 72.4 Å². The minimum Gasteiger partial charge on any atom is -0.383 e. The summed E-state index contributed by atoms with van der Waals surface area (Å²) in [5.41, 5.74) is 5.10. The molecule has 7 nitrogen and oxygen atoms in total. The monoisotopic (exact) mass is 398 g/mol. The van der Waals surface area contributed by atoms with Crippen molar-refractivity contribution >= 4 is 11.5 Å². The van der Waals surface area contributed by atoms with Crippen molar-refractivity contribution in [3.63, 3.8) is 0 Å². The molecule has 5 rings (SSSR count). The number of hydrogen-bond donors (Lipinski definition) is 2. The number of nitrogens with zero attached hydrogens (tertiary/aromatic N) is 4. The van der Waals surface area contributed by atoms with Gasteiger partial charge in [-0.05, 0) is 29.8 Å². The van der Waals surface area contributed by atoms with Gasteiger partial charge in [-0.3, -0.25) is 4.57 Å². The summed E-state index contributed by atoms with van der Waals surface area (Å²) in [4.78, 5) is 4.55. The highest BCUT2D eigenvalue weighted by Gasteiger charge is 2.24. The lowest BCUT2D eigenvalue weighted by Gasteiger charge is -2.11. The molecule has 0 atom stereocenters. The Hall–Kier alpha value is -3.55. The Balaban J connectivity index is 1.55. The van der Waals surface area contributed by atoms with Crippen molar-refractivity contribution in [2.45, 2.75) is 6.54 Å². The summed E-state index contributed by atoms with van der Waals surface area (Å²) in [5, 5.41) is 15.9. The van der Waals surface area contributed by atoms with Gasteiger partial charge in [0.25, 0.3) is 0 Å². The van der Waals surface area contributed by atoms with Gasteiger partial charge in [0.1, 0.15) is 0 Å². The van der Waals surface area contributed by atoms with Crippen LogP contribution in [0, 0.1) is 0 Å². The maximum absolute atomic E-state index is 5.07. The van der Waals surface area contributed by atoms with Gasteiger partial charge in [-0.1, -0.05) is 36.4 Å². The standard InChI is InChI=1S/C23H22N6O/c1-30-14-13-24-15-16-8-10-17(11-9-16)22-27-28-23-18-5-2-3-6-19(18)26-21-20(29(22)23)7-4-12-25-21/h2-12,24H,13-15H2,1H3,(H,25,26). The van der Waals surface area contributed by atoms with E-state index in [2.05, 4.69) is 54.6 Å². The van der Waals surface area contributed by atoms with Gasteiger partial charge in [0.2, 0.25) is 0 Å². The zero-order chi connectivity index (χ0) is 20.3. The second-order valence-electron chi connectivity index (χ2n) is 7.09. The largest absolute Gasteiger partial charge is 0.383 e. The summed E-state index contributed by atoms with van der Waals surface area (Å²) in [5.74, 6) is 2.37. The van der Waals surface area contributed by atoms with Gasteiger partial charge < -0.3 is 15.4 Å². The van der Waals surface area contributed by atoms with Gasteiger partial charge in [0.05, 0.1) is 18.0 Å². The molecular formula is C23H22N6O. The van der Waals surface area contributed by atoms with Crippen LogP contribution in [0.4, 0.5) is 11.5 Å². The van der Waals surface area contributed by atoms with Crippen molar-refractivity contribution in [1.82, 2.24) is 25.1 Å². The molecule has 0 saturated heterocycles. The smallest absolute Gasteiger partial charge is 0.171 e. The number of nitrogens with one attached hydrogen (secondary N) is 2. The summed E-state index contributed by atoms with van der Waals surface area (Å²) >= 11 is 0. The van der Waals surface area contributed by atoms with Gasteiger partial charge in [0.15, 0.2) is 17.5 Å². The van der Waals surface area contributed by atoms with Crippen LogP contribution in [0.5, 0.6) is 0 Å². The molecule has 0 spiro atoms. The first-order valence-corrected chi connectivity index (χ1v) is 9.91. The molecule has 1 aliphatic rings. The van der Waals surface area contributed by atoms with E-state index in [-0.39, 0.29) is 0 Å². The minimum atomic E-state index is 0.701. The third-order valence-electron chi connectivity index (χ3n) is 5.14. The first-order chi connectivity index (χ1) is 14.8. The second kappa shape index (κ2) is 8.06. The van der Waals surface area contributed by atoms with Crippen LogP contribution >= 0.6 is 0 Å². The van der Waals surface area contributed by atoms with Gasteiger partial charge in [-0.25, -0.2) is 4.98 Å². The molecule has 150 valence electrons. The third-order valence-corrected chi connectivity index (χ3v) is 5.14. The quantitative estimate of drug-likeness (QED) is 0.424. The number of ether oxygens (including phenoxy) is 1. The number of fused-ring (bicyclic) bond motifs is 5. The van der Waals surface area contributed by atoms with Crippen molar-refractivity contribution in [1.29, 1.82) is 0 Å². The summed E-state index contributed by atoms with van der Waals surface area (Å²) in [7, 11) is 1.71. The number of pyridine rings is 1. The molecule has 0 saturated carbocycles. The van der Waals surface area contributed by atoms with E-state index in [9.17, 15) is 0 Å². The number of benzene rings is 2. The molecule has 0 radical (unpaired) electrons. The predicted octanol–water partition coefficient (Wildman–Crippen LogP) is 3.79. The lowest BCUT2D eigenvalue weighted by Crippen LogP contribution is -2.18. The van der Waals surface area contributed by atoms with Gasteiger partial charge in [-0.2, -0.15) is 0 Å². The molecule has 2 aromatic heterocycles. The van der Waals surface area contributed by atoms with E-state index < -0.39 is 0 Å². The highest BCUT2D eigenvalue weighted by atomic mass is 16.5. The number of para-hydroxylation sites is 1. The van der Waals surface area contributed by atoms with E-state index in [1.54, 1.807) is 13.3 Å². The second-order valence-corrected chi connectivity index (χ2v) is 7.09. The zero-order valence-electron chi connectivity index (χ0n) is 16.7. The molecule has 3 heterocycles. The zero-order valence-corrected chi connectivity index (χ0v) is 16.7. The van der Waals surface area contributed by atoms with Crippen LogP contribution in [0.25, 0.3) is 28.5 Å². The maximum atomic E-state index is 5.07. The SMILES string of the molecule is COCCNCc1ccc(-c2nnc3n2-c2cccnc2Nc2ccccc2-3)cc1. The number of hydrogen-bond acceptors (Lipinski definition) is 6. The summed E-state index contributed by atoms with van der Waals surface area (Å²) in [6, 6.07) is 20.5. The predicted molar refractivity (Wildman–Crippen MR) is 117 cm³/mol. The van der Waals surface area contributed by atoms with E-state index in [0.717, 1.165) is 53.1 Å². The van der Waals surface area contributed by atoms with E-state index in [0.29, 0.717) is 6.61 Å². The molecule has 30 heavy (non-hydrogen) atoms. The molecule has 0 bridgehead atoms. The fraction of sp³-hybridized carbons (Fsp3) is 0.174. The van der Waals surface area contributed by atoms with E-state index in [1.807, 2.05) is 36.4 Å². The third kappa shape index (κ3) is 3.34. The van der Waals surface area contributed by atoms with E-state index >= 15 is 0 Å². The van der Waals surface area contributed by atoms with Gasteiger partial charge in [0, 0.05) is 37.5 Å². The van der Waals surface area contributed by atoms with Gasteiger partial charge >= 0.3 is 0 Å². The topological polar surface area (TPSA) is 76.9 Å². The number of rotatable bonds is 6. The summed E-state index contributed by atoms with van der Waals surface area (Å²) in [6.07, 6.45) is 1.79. The summed E-state index contributed by atoms with van der Waals surface area (Å²) in [6.45, 7) is 2.32. The first-order valence-electron chi connectivity index (χ1n) is 9.91. The Morgan fingerprint density at radius 1 is 0.967 bits per heavy atom. The molecule has 2 N–H and O–H groups in total. The molecule has 1 aliphatic heterocycles. The van der Waals surface area contributed by atoms with E-state index in [4.69, 9.17) is 4.74 Å². The molecule has 7 heteroatoms. The van der Waals surface area contributed by atoms with Crippen LogP contribution in [-0.4, -0.2) is 40.0 Å². The van der Waals surface area contributed by atoms with Crippen LogP contribution in [0.15, 0.2) is 66.9 Å². The van der Waals surface area contributed by atoms with Crippen molar-refractivity contribution < 1.29 is 4.74 Å². The average molecular weight is 398 g/mol. The Labute approximate surface area is 174 Å². The van der Waals surface area contributed by atoms with Crippen LogP contribution in [0.2, 0.25) is 0 Å². The Morgan fingerprint density at radius 3 is 2.67 bits per heavy atom. The van der Waals surface area contributed by atoms with Crippen LogP contribution in [0.3, 0.4) is 0 Å². The normalized spacial score (nSPS) is 11.8. The molecule has 0 amide bonds. The minimum absolute atomic E-state index is 0.701. The molecule has 0 aliphatic carbocycles. The first kappa shape index (κ1) is 18.5. The molecular weight excluding hydrogens is 376 g/mol. The fourth-order valence-electron chi connectivity index (χ4n) is 3.64.